The zero-order valence-corrected chi connectivity index (χ0v) is 15.3. The van der Waals surface area contributed by atoms with Crippen LogP contribution < -0.4 is 4.74 Å². The molecule has 0 aromatic heterocycles. The van der Waals surface area contributed by atoms with E-state index < -0.39 is 0 Å². The molecule has 0 unspecified atom stereocenters. The first-order valence-corrected chi connectivity index (χ1v) is 9.11. The van der Waals surface area contributed by atoms with E-state index in [4.69, 9.17) is 14.2 Å². The van der Waals surface area contributed by atoms with Crippen LogP contribution in [0.2, 0.25) is 0 Å². The lowest BCUT2D eigenvalue weighted by atomic mass is 10.1. The fourth-order valence-electron chi connectivity index (χ4n) is 2.84. The molecule has 0 aliphatic heterocycles. The van der Waals surface area contributed by atoms with Crippen LogP contribution in [-0.4, -0.2) is 20.3 Å². The molecule has 0 saturated carbocycles. The molecule has 0 saturated heterocycles. The average Bonchev–Trinajstić information content (AvgIpc) is 2.70. The summed E-state index contributed by atoms with van der Waals surface area (Å²) in [6, 6.07) is 22.9. The second kappa shape index (κ2) is 9.95. The molecular formula is C23H26O3. The number of ether oxygens (including phenoxy) is 3. The second-order valence-electron chi connectivity index (χ2n) is 6.34. The van der Waals surface area contributed by atoms with Crippen LogP contribution in [0, 0.1) is 0 Å². The highest BCUT2D eigenvalue weighted by Crippen LogP contribution is 2.16. The van der Waals surface area contributed by atoms with Gasteiger partial charge in [0.2, 0.25) is 0 Å². The summed E-state index contributed by atoms with van der Waals surface area (Å²) >= 11 is 0. The summed E-state index contributed by atoms with van der Waals surface area (Å²) in [4.78, 5) is 0. The lowest BCUT2D eigenvalue weighted by Gasteiger charge is -2.07. The lowest BCUT2D eigenvalue weighted by molar-refractivity contribution is 0.0898. The van der Waals surface area contributed by atoms with Crippen LogP contribution in [0.5, 0.6) is 5.75 Å². The third-order valence-electron chi connectivity index (χ3n) is 4.34. The number of fused-ring (bicyclic) bond motifs is 1. The highest BCUT2D eigenvalue weighted by Gasteiger charge is 1.98. The molecule has 0 radical (unpaired) electrons. The normalized spacial score (nSPS) is 11.0. The van der Waals surface area contributed by atoms with E-state index in [0.717, 1.165) is 31.8 Å². The zero-order valence-electron chi connectivity index (χ0n) is 15.3. The Bertz CT molecular complexity index is 796. The highest BCUT2D eigenvalue weighted by molar-refractivity contribution is 5.82. The van der Waals surface area contributed by atoms with Crippen LogP contribution in [0.25, 0.3) is 10.8 Å². The largest absolute Gasteiger partial charge is 0.497 e. The van der Waals surface area contributed by atoms with Crippen LogP contribution in [-0.2, 0) is 22.7 Å². The quantitative estimate of drug-likeness (QED) is 0.461. The van der Waals surface area contributed by atoms with Crippen molar-refractivity contribution in [2.24, 2.45) is 0 Å². The van der Waals surface area contributed by atoms with Crippen molar-refractivity contribution >= 4 is 10.8 Å². The van der Waals surface area contributed by atoms with E-state index in [0.29, 0.717) is 13.2 Å². The maximum absolute atomic E-state index is 5.79. The first kappa shape index (κ1) is 18.4. The van der Waals surface area contributed by atoms with E-state index in [1.165, 1.54) is 21.9 Å². The van der Waals surface area contributed by atoms with E-state index in [1.807, 2.05) is 24.3 Å². The van der Waals surface area contributed by atoms with Crippen LogP contribution in [0.15, 0.2) is 66.7 Å². The minimum absolute atomic E-state index is 0.641. The first-order chi connectivity index (χ1) is 12.8. The molecule has 0 aliphatic carbocycles. The molecule has 0 N–H and O–H groups in total. The van der Waals surface area contributed by atoms with E-state index in [9.17, 15) is 0 Å². The molecule has 0 bridgehead atoms. The van der Waals surface area contributed by atoms with Crippen molar-refractivity contribution in [2.45, 2.75) is 26.1 Å². The molecule has 3 aromatic rings. The van der Waals surface area contributed by atoms with Crippen LogP contribution in [0.4, 0.5) is 0 Å². The maximum atomic E-state index is 5.79. The molecule has 26 heavy (non-hydrogen) atoms. The van der Waals surface area contributed by atoms with Gasteiger partial charge in [0.1, 0.15) is 5.75 Å². The average molecular weight is 350 g/mol. The summed E-state index contributed by atoms with van der Waals surface area (Å²) < 4.78 is 16.6. The maximum Gasteiger partial charge on any atom is 0.118 e. The Morgan fingerprint density at radius 1 is 0.654 bits per heavy atom. The molecule has 3 heteroatoms. The van der Waals surface area contributed by atoms with E-state index in [1.54, 1.807) is 7.11 Å². The highest BCUT2D eigenvalue weighted by atomic mass is 16.5. The minimum atomic E-state index is 0.641. The molecule has 0 aliphatic rings. The van der Waals surface area contributed by atoms with Gasteiger partial charge in [-0.1, -0.05) is 48.5 Å². The molecule has 0 fully saturated rings. The summed E-state index contributed by atoms with van der Waals surface area (Å²) in [5.74, 6) is 0.873. The van der Waals surface area contributed by atoms with Crippen molar-refractivity contribution in [3.63, 3.8) is 0 Å². The Balaban J connectivity index is 1.27. The van der Waals surface area contributed by atoms with Gasteiger partial charge in [-0.15, -0.1) is 0 Å². The van der Waals surface area contributed by atoms with Crippen molar-refractivity contribution in [1.82, 2.24) is 0 Å². The Labute approximate surface area is 155 Å². The van der Waals surface area contributed by atoms with Gasteiger partial charge in [0, 0.05) is 13.2 Å². The smallest absolute Gasteiger partial charge is 0.118 e. The standard InChI is InChI=1S/C23H26O3/c1-24-23-12-9-19(10-13-23)17-25-14-4-5-15-26-18-20-8-11-21-6-2-3-7-22(21)16-20/h2-3,6-13,16H,4-5,14-15,17-18H2,1H3. The van der Waals surface area contributed by atoms with Gasteiger partial charge in [0.05, 0.1) is 20.3 Å². The topological polar surface area (TPSA) is 27.7 Å². The molecule has 136 valence electrons. The van der Waals surface area contributed by atoms with Crippen molar-refractivity contribution in [1.29, 1.82) is 0 Å². The third kappa shape index (κ3) is 5.58. The number of rotatable bonds is 10. The number of hydrogen-bond acceptors (Lipinski definition) is 3. The molecule has 0 heterocycles. The molecule has 0 atom stereocenters. The molecule has 3 nitrogen and oxygen atoms in total. The van der Waals surface area contributed by atoms with Gasteiger partial charge in [-0.25, -0.2) is 0 Å². The van der Waals surface area contributed by atoms with Gasteiger partial charge < -0.3 is 14.2 Å². The van der Waals surface area contributed by atoms with Gasteiger partial charge >= 0.3 is 0 Å². The predicted molar refractivity (Wildman–Crippen MR) is 105 cm³/mol. The van der Waals surface area contributed by atoms with E-state index in [2.05, 4.69) is 42.5 Å². The predicted octanol–water partition coefficient (Wildman–Crippen LogP) is 5.36. The van der Waals surface area contributed by atoms with Gasteiger partial charge in [-0.3, -0.25) is 0 Å². The molecular weight excluding hydrogens is 324 g/mol. The first-order valence-electron chi connectivity index (χ1n) is 9.11. The Hall–Kier alpha value is -2.36. The van der Waals surface area contributed by atoms with Crippen LogP contribution in [0.3, 0.4) is 0 Å². The number of methoxy groups -OCH3 is 1. The SMILES string of the molecule is COc1ccc(COCCCCOCc2ccc3ccccc3c2)cc1. The summed E-state index contributed by atoms with van der Waals surface area (Å²) in [5, 5.41) is 2.53. The summed E-state index contributed by atoms with van der Waals surface area (Å²) in [7, 11) is 1.67. The zero-order chi connectivity index (χ0) is 18.0. The summed E-state index contributed by atoms with van der Waals surface area (Å²) in [6.45, 7) is 2.82. The van der Waals surface area contributed by atoms with Gasteiger partial charge in [0.25, 0.3) is 0 Å². The van der Waals surface area contributed by atoms with Crippen molar-refractivity contribution in [3.8, 4) is 5.75 Å². The Morgan fingerprint density at radius 2 is 1.27 bits per heavy atom. The van der Waals surface area contributed by atoms with Crippen molar-refractivity contribution < 1.29 is 14.2 Å². The Kier molecular flexibility index (Phi) is 7.05. The van der Waals surface area contributed by atoms with E-state index >= 15 is 0 Å². The third-order valence-corrected chi connectivity index (χ3v) is 4.34. The second-order valence-corrected chi connectivity index (χ2v) is 6.34. The molecule has 0 spiro atoms. The van der Waals surface area contributed by atoms with E-state index in [-0.39, 0.29) is 0 Å². The van der Waals surface area contributed by atoms with Gasteiger partial charge in [-0.05, 0) is 52.9 Å². The van der Waals surface area contributed by atoms with Gasteiger partial charge in [-0.2, -0.15) is 0 Å². The summed E-state index contributed by atoms with van der Waals surface area (Å²) in [5.41, 5.74) is 2.39. The molecule has 3 rings (SSSR count). The van der Waals surface area contributed by atoms with Crippen molar-refractivity contribution in [3.05, 3.63) is 77.9 Å². The molecule has 3 aromatic carbocycles. The Morgan fingerprint density at radius 3 is 1.96 bits per heavy atom. The fraction of sp³-hybridized carbons (Fsp3) is 0.304. The fourth-order valence-corrected chi connectivity index (χ4v) is 2.84. The van der Waals surface area contributed by atoms with Crippen LogP contribution >= 0.6 is 0 Å². The minimum Gasteiger partial charge on any atom is -0.497 e. The van der Waals surface area contributed by atoms with Crippen LogP contribution in [0.1, 0.15) is 24.0 Å². The number of hydrogen-bond donors (Lipinski definition) is 0. The van der Waals surface area contributed by atoms with Crippen molar-refractivity contribution in [2.75, 3.05) is 20.3 Å². The summed E-state index contributed by atoms with van der Waals surface area (Å²) in [6.07, 6.45) is 2.02. The monoisotopic (exact) mass is 350 g/mol. The molecule has 0 amide bonds. The number of unbranched alkanes of at least 4 members (excludes halogenated alkanes) is 1. The van der Waals surface area contributed by atoms with Gasteiger partial charge in [0.15, 0.2) is 0 Å². The lowest BCUT2D eigenvalue weighted by Crippen LogP contribution is -2.00. The number of benzene rings is 3.